The largest absolute Gasteiger partial charge is 0.494 e. The summed E-state index contributed by atoms with van der Waals surface area (Å²) in [6.07, 6.45) is 6.25. The van der Waals surface area contributed by atoms with Gasteiger partial charge in [-0.05, 0) is 50.1 Å². The van der Waals surface area contributed by atoms with Gasteiger partial charge in [0.25, 0.3) is 0 Å². The molecule has 0 aliphatic carbocycles. The van der Waals surface area contributed by atoms with Crippen molar-refractivity contribution < 1.29 is 9.53 Å². The van der Waals surface area contributed by atoms with Crippen LogP contribution in [0.2, 0.25) is 0 Å². The second-order valence-electron chi connectivity index (χ2n) is 7.89. The molecule has 0 unspecified atom stereocenters. The first-order chi connectivity index (χ1) is 15.5. The summed E-state index contributed by atoms with van der Waals surface area (Å²) in [7, 11) is 0. The van der Waals surface area contributed by atoms with Crippen molar-refractivity contribution in [1.82, 2.24) is 29.1 Å². The van der Waals surface area contributed by atoms with Crippen LogP contribution in [0.15, 0.2) is 47.5 Å². The number of nitrogens with one attached hydrogen (secondary N) is 1. The van der Waals surface area contributed by atoms with Gasteiger partial charge in [-0.3, -0.25) is 4.79 Å². The first-order valence-corrected chi connectivity index (χ1v) is 11.0. The Kier molecular flexibility index (Phi) is 6.25. The van der Waals surface area contributed by atoms with E-state index < -0.39 is 0 Å². The molecule has 4 rings (SSSR count). The Morgan fingerprint density at radius 1 is 1.16 bits per heavy atom. The molecule has 32 heavy (non-hydrogen) atoms. The van der Waals surface area contributed by atoms with Crippen LogP contribution < -0.4 is 15.7 Å². The van der Waals surface area contributed by atoms with E-state index >= 15 is 0 Å². The molecule has 1 N–H and O–H groups in total. The van der Waals surface area contributed by atoms with Gasteiger partial charge < -0.3 is 10.1 Å². The highest BCUT2D eigenvalue weighted by molar-refractivity contribution is 5.78. The summed E-state index contributed by atoms with van der Waals surface area (Å²) in [5.41, 5.74) is 2.47. The average molecular weight is 437 g/mol. The van der Waals surface area contributed by atoms with Crippen molar-refractivity contribution in [1.29, 1.82) is 0 Å². The predicted octanol–water partition coefficient (Wildman–Crippen LogP) is 2.90. The van der Waals surface area contributed by atoms with Gasteiger partial charge in [-0.25, -0.2) is 18.4 Å². The van der Waals surface area contributed by atoms with Gasteiger partial charge in [0.15, 0.2) is 5.65 Å². The van der Waals surface area contributed by atoms with Gasteiger partial charge in [-0.15, -0.1) is 5.10 Å². The Morgan fingerprint density at radius 3 is 2.66 bits per heavy atom. The van der Waals surface area contributed by atoms with Crippen molar-refractivity contribution in [2.75, 3.05) is 6.61 Å². The van der Waals surface area contributed by atoms with Crippen LogP contribution in [0, 0.1) is 0 Å². The third-order valence-electron chi connectivity index (χ3n) is 5.42. The minimum atomic E-state index is -0.363. The summed E-state index contributed by atoms with van der Waals surface area (Å²) in [6.45, 7) is 6.62. The van der Waals surface area contributed by atoms with Crippen LogP contribution in [-0.2, 0) is 11.3 Å². The Balaban J connectivity index is 1.62. The molecule has 9 nitrogen and oxygen atoms in total. The number of hydrogen-bond acceptors (Lipinski definition) is 5. The molecule has 168 valence electrons. The zero-order valence-electron chi connectivity index (χ0n) is 18.6. The quantitative estimate of drug-likeness (QED) is 0.407. The third-order valence-corrected chi connectivity index (χ3v) is 5.42. The number of rotatable bonds is 9. The topological polar surface area (TPSA) is 94.9 Å². The Morgan fingerprint density at radius 2 is 1.94 bits per heavy atom. The van der Waals surface area contributed by atoms with Gasteiger partial charge in [0.2, 0.25) is 5.91 Å². The molecule has 3 heterocycles. The Bertz CT molecular complexity index is 1290. The van der Waals surface area contributed by atoms with E-state index in [-0.39, 0.29) is 24.2 Å². The number of aromatic nitrogens is 5. The number of carbonyl (C=O) groups excluding carboxylic acids is 1. The summed E-state index contributed by atoms with van der Waals surface area (Å²) < 4.78 is 10.0. The highest BCUT2D eigenvalue weighted by atomic mass is 16.5. The zero-order valence-corrected chi connectivity index (χ0v) is 18.6. The highest BCUT2D eigenvalue weighted by Crippen LogP contribution is 2.24. The molecule has 1 aromatic carbocycles. The number of fused-ring (bicyclic) bond motifs is 3. The molecule has 0 aliphatic heterocycles. The summed E-state index contributed by atoms with van der Waals surface area (Å²) >= 11 is 0. The third kappa shape index (κ3) is 4.37. The molecule has 0 aliphatic rings. The minimum absolute atomic E-state index is 0.0442. The molecule has 4 aromatic rings. The van der Waals surface area contributed by atoms with Crippen LogP contribution in [0.5, 0.6) is 5.75 Å². The number of amides is 1. The van der Waals surface area contributed by atoms with Gasteiger partial charge in [-0.1, -0.05) is 20.3 Å². The van der Waals surface area contributed by atoms with Crippen LogP contribution >= 0.6 is 0 Å². The summed E-state index contributed by atoms with van der Waals surface area (Å²) in [5.74, 6) is 0.589. The number of carbonyl (C=O) groups is 1. The van der Waals surface area contributed by atoms with Gasteiger partial charge in [0, 0.05) is 24.0 Å². The van der Waals surface area contributed by atoms with Crippen molar-refractivity contribution in [2.24, 2.45) is 0 Å². The molecule has 1 amide bonds. The number of unbranched alkanes of at least 4 members (excludes halogenated alkanes) is 1. The number of ether oxygens (including phenoxy) is 1. The summed E-state index contributed by atoms with van der Waals surface area (Å²) in [5, 5.41) is 11.9. The second kappa shape index (κ2) is 9.25. The Labute approximate surface area is 185 Å². The first-order valence-electron chi connectivity index (χ1n) is 11.0. The molecule has 0 saturated heterocycles. The number of benzene rings is 1. The molecular weight excluding hydrogens is 408 g/mol. The van der Waals surface area contributed by atoms with E-state index in [1.54, 1.807) is 16.9 Å². The molecule has 0 bridgehead atoms. The minimum Gasteiger partial charge on any atom is -0.494 e. The predicted molar refractivity (Wildman–Crippen MR) is 122 cm³/mol. The number of nitrogens with zero attached hydrogens (tertiary/aromatic N) is 5. The standard InChI is InChI=1S/C23H28N6O3/c1-4-6-13-32-18-9-7-17(8-10-18)19-14-20-22-26-29(15-21(30)24-16(3)5-2)23(31)27(22)11-12-28(20)25-19/h7-12,14,16H,4-6,13,15H2,1-3H3,(H,24,30)/t16-/m0/s1. The maximum Gasteiger partial charge on any atom is 0.350 e. The van der Waals surface area contributed by atoms with E-state index in [0.29, 0.717) is 17.8 Å². The SMILES string of the molecule is CCCCOc1ccc(-c2cc3c4nn(CC(=O)N[C@@H](C)CC)c(=O)n4ccn3n2)cc1. The van der Waals surface area contributed by atoms with E-state index in [0.717, 1.165) is 36.3 Å². The highest BCUT2D eigenvalue weighted by Gasteiger charge is 2.16. The molecular formula is C23H28N6O3. The van der Waals surface area contributed by atoms with Crippen molar-refractivity contribution in [3.05, 3.63) is 53.2 Å². The lowest BCUT2D eigenvalue weighted by atomic mass is 10.1. The zero-order chi connectivity index (χ0) is 22.7. The van der Waals surface area contributed by atoms with Crippen LogP contribution in [0.1, 0.15) is 40.0 Å². The Hall–Kier alpha value is -3.62. The van der Waals surface area contributed by atoms with Crippen LogP contribution in [0.4, 0.5) is 0 Å². The van der Waals surface area contributed by atoms with Crippen LogP contribution in [0.25, 0.3) is 22.4 Å². The molecule has 0 fully saturated rings. The van der Waals surface area contributed by atoms with E-state index in [9.17, 15) is 9.59 Å². The van der Waals surface area contributed by atoms with Gasteiger partial charge in [-0.2, -0.15) is 5.10 Å². The molecule has 9 heteroatoms. The molecule has 0 saturated carbocycles. The van der Waals surface area contributed by atoms with E-state index in [1.165, 1.54) is 9.08 Å². The van der Waals surface area contributed by atoms with Crippen molar-refractivity contribution in [3.8, 4) is 17.0 Å². The fraction of sp³-hybridized carbons (Fsp3) is 0.391. The molecule has 0 radical (unpaired) electrons. The maximum absolute atomic E-state index is 12.7. The normalized spacial score (nSPS) is 12.3. The van der Waals surface area contributed by atoms with E-state index in [4.69, 9.17) is 4.74 Å². The van der Waals surface area contributed by atoms with Gasteiger partial charge in [0.05, 0.1) is 12.3 Å². The van der Waals surface area contributed by atoms with Crippen molar-refractivity contribution >= 4 is 17.1 Å². The molecule has 3 aromatic heterocycles. The molecule has 1 atom stereocenters. The average Bonchev–Trinajstić information content (AvgIpc) is 3.36. The number of hydrogen-bond donors (Lipinski definition) is 1. The summed E-state index contributed by atoms with van der Waals surface area (Å²) in [6, 6.07) is 9.72. The summed E-state index contributed by atoms with van der Waals surface area (Å²) in [4.78, 5) is 25.0. The maximum atomic E-state index is 12.7. The lowest BCUT2D eigenvalue weighted by Crippen LogP contribution is -2.37. The first kappa shape index (κ1) is 21.6. The van der Waals surface area contributed by atoms with Crippen molar-refractivity contribution in [2.45, 2.75) is 52.6 Å². The van der Waals surface area contributed by atoms with Gasteiger partial charge >= 0.3 is 5.69 Å². The van der Waals surface area contributed by atoms with Crippen LogP contribution in [-0.4, -0.2) is 42.4 Å². The monoisotopic (exact) mass is 436 g/mol. The fourth-order valence-corrected chi connectivity index (χ4v) is 3.39. The van der Waals surface area contributed by atoms with Gasteiger partial charge in [0.1, 0.15) is 17.8 Å². The van der Waals surface area contributed by atoms with Crippen molar-refractivity contribution in [3.63, 3.8) is 0 Å². The lowest BCUT2D eigenvalue weighted by Gasteiger charge is -2.10. The lowest BCUT2D eigenvalue weighted by molar-refractivity contribution is -0.122. The second-order valence-corrected chi connectivity index (χ2v) is 7.89. The van der Waals surface area contributed by atoms with E-state index in [1.807, 2.05) is 44.2 Å². The fourth-order valence-electron chi connectivity index (χ4n) is 3.39. The van der Waals surface area contributed by atoms with Crippen LogP contribution in [0.3, 0.4) is 0 Å². The molecule has 0 spiro atoms. The smallest absolute Gasteiger partial charge is 0.350 e. The van der Waals surface area contributed by atoms with E-state index in [2.05, 4.69) is 22.4 Å².